The molecule has 0 bridgehead atoms. The lowest BCUT2D eigenvalue weighted by Gasteiger charge is -2.19. The third kappa shape index (κ3) is 5.66. The molecule has 1 amide bonds. The molecule has 2 aromatic rings. The summed E-state index contributed by atoms with van der Waals surface area (Å²) in [6, 6.07) is 10.2. The maximum absolute atomic E-state index is 12.6. The largest absolute Gasteiger partial charge is 0.460 e. The SMILES string of the molecule is CCN(CC)S(=O)(=O)c1cccc(NC(=O)C[NH+](C)Cc2ccc(C)o2)c1. The van der Waals surface area contributed by atoms with E-state index in [-0.39, 0.29) is 17.3 Å². The highest BCUT2D eigenvalue weighted by Crippen LogP contribution is 2.19. The van der Waals surface area contributed by atoms with Gasteiger partial charge in [-0.1, -0.05) is 19.9 Å². The molecule has 1 atom stereocenters. The summed E-state index contributed by atoms with van der Waals surface area (Å²) in [5.74, 6) is 1.48. The molecule has 27 heavy (non-hydrogen) atoms. The zero-order valence-electron chi connectivity index (χ0n) is 16.3. The molecule has 0 aliphatic rings. The minimum Gasteiger partial charge on any atom is -0.460 e. The predicted molar refractivity (Wildman–Crippen MR) is 104 cm³/mol. The summed E-state index contributed by atoms with van der Waals surface area (Å²) in [6.45, 7) is 7.11. The van der Waals surface area contributed by atoms with Crippen molar-refractivity contribution >= 4 is 21.6 Å². The lowest BCUT2D eigenvalue weighted by molar-refractivity contribution is -0.886. The lowest BCUT2D eigenvalue weighted by atomic mass is 10.3. The van der Waals surface area contributed by atoms with Gasteiger partial charge in [0.05, 0.1) is 11.9 Å². The number of benzene rings is 1. The van der Waals surface area contributed by atoms with Crippen LogP contribution < -0.4 is 10.2 Å². The average molecular weight is 395 g/mol. The molecule has 0 aliphatic carbocycles. The Morgan fingerprint density at radius 2 is 1.89 bits per heavy atom. The molecule has 8 heteroatoms. The number of nitrogens with zero attached hydrogens (tertiary/aromatic N) is 1. The van der Waals surface area contributed by atoms with Gasteiger partial charge < -0.3 is 14.6 Å². The van der Waals surface area contributed by atoms with Crippen LogP contribution in [0.1, 0.15) is 25.4 Å². The van der Waals surface area contributed by atoms with Crippen LogP contribution in [0.5, 0.6) is 0 Å². The Bertz CT molecular complexity index is 873. The lowest BCUT2D eigenvalue weighted by Crippen LogP contribution is -3.08. The monoisotopic (exact) mass is 394 g/mol. The number of hydrogen-bond acceptors (Lipinski definition) is 4. The molecule has 0 saturated carbocycles. The van der Waals surface area contributed by atoms with Crippen LogP contribution in [0.4, 0.5) is 5.69 Å². The van der Waals surface area contributed by atoms with Crippen LogP contribution in [0, 0.1) is 6.92 Å². The maximum Gasteiger partial charge on any atom is 0.279 e. The van der Waals surface area contributed by atoms with E-state index in [9.17, 15) is 13.2 Å². The molecule has 2 N–H and O–H groups in total. The molecule has 1 aromatic heterocycles. The Labute approximate surface area is 161 Å². The molecular weight excluding hydrogens is 366 g/mol. The van der Waals surface area contributed by atoms with Gasteiger partial charge in [0.15, 0.2) is 12.3 Å². The number of quaternary nitrogens is 1. The van der Waals surface area contributed by atoms with Crippen molar-refractivity contribution in [3.8, 4) is 0 Å². The Balaban J connectivity index is 2.01. The second-order valence-corrected chi connectivity index (χ2v) is 8.43. The number of carbonyl (C=O) groups is 1. The van der Waals surface area contributed by atoms with Crippen LogP contribution in [0.15, 0.2) is 45.7 Å². The normalized spacial score (nSPS) is 12.9. The van der Waals surface area contributed by atoms with Gasteiger partial charge in [0, 0.05) is 18.8 Å². The highest BCUT2D eigenvalue weighted by molar-refractivity contribution is 7.89. The summed E-state index contributed by atoms with van der Waals surface area (Å²) in [5.41, 5.74) is 0.467. The first-order chi connectivity index (χ1) is 12.8. The van der Waals surface area contributed by atoms with Crippen LogP contribution in [0.25, 0.3) is 0 Å². The number of likely N-dealkylation sites (N-methyl/N-ethyl adjacent to an activating group) is 1. The van der Waals surface area contributed by atoms with E-state index in [0.717, 1.165) is 16.4 Å². The van der Waals surface area contributed by atoms with E-state index in [0.29, 0.717) is 25.3 Å². The molecule has 7 nitrogen and oxygen atoms in total. The predicted octanol–water partition coefficient (Wildman–Crippen LogP) is 1.27. The van der Waals surface area contributed by atoms with Crippen molar-refractivity contribution in [2.45, 2.75) is 32.2 Å². The molecule has 148 valence electrons. The first-order valence-corrected chi connectivity index (χ1v) is 10.5. The Morgan fingerprint density at radius 1 is 1.19 bits per heavy atom. The average Bonchev–Trinajstić information content (AvgIpc) is 3.00. The first-order valence-electron chi connectivity index (χ1n) is 9.03. The molecule has 1 aromatic carbocycles. The fraction of sp³-hybridized carbons (Fsp3) is 0.421. The van der Waals surface area contributed by atoms with Gasteiger partial charge in [-0.2, -0.15) is 4.31 Å². The molecule has 0 aliphatic heterocycles. The van der Waals surface area contributed by atoms with Crippen molar-refractivity contribution in [1.82, 2.24) is 4.31 Å². The van der Waals surface area contributed by atoms with Crippen molar-refractivity contribution in [1.29, 1.82) is 0 Å². The molecular formula is C19H28N3O4S+. The van der Waals surface area contributed by atoms with Crippen molar-refractivity contribution in [2.24, 2.45) is 0 Å². The van der Waals surface area contributed by atoms with Crippen molar-refractivity contribution < 1.29 is 22.5 Å². The molecule has 0 fully saturated rings. The minimum atomic E-state index is -3.56. The number of anilines is 1. The number of nitrogens with one attached hydrogen (secondary N) is 2. The summed E-state index contributed by atoms with van der Waals surface area (Å²) in [4.78, 5) is 13.4. The minimum absolute atomic E-state index is 0.177. The molecule has 2 rings (SSSR count). The van der Waals surface area contributed by atoms with E-state index < -0.39 is 10.0 Å². The van der Waals surface area contributed by atoms with Crippen molar-refractivity contribution in [3.63, 3.8) is 0 Å². The third-order valence-electron chi connectivity index (χ3n) is 4.20. The zero-order valence-corrected chi connectivity index (χ0v) is 17.1. The Hall–Kier alpha value is -2.16. The third-order valence-corrected chi connectivity index (χ3v) is 6.24. The smallest absolute Gasteiger partial charge is 0.279 e. The second-order valence-electron chi connectivity index (χ2n) is 6.49. The van der Waals surface area contributed by atoms with Gasteiger partial charge in [0.25, 0.3) is 5.91 Å². The van der Waals surface area contributed by atoms with Crippen LogP contribution in [-0.2, 0) is 21.4 Å². The van der Waals surface area contributed by atoms with Crippen molar-refractivity contribution in [3.05, 3.63) is 47.9 Å². The number of sulfonamides is 1. The van der Waals surface area contributed by atoms with E-state index in [1.54, 1.807) is 32.0 Å². The number of hydrogen-bond donors (Lipinski definition) is 2. The van der Waals surface area contributed by atoms with Crippen LogP contribution in [0.2, 0.25) is 0 Å². The van der Waals surface area contributed by atoms with Gasteiger partial charge in [-0.15, -0.1) is 0 Å². The number of rotatable bonds is 9. The van der Waals surface area contributed by atoms with Crippen LogP contribution >= 0.6 is 0 Å². The summed E-state index contributed by atoms with van der Waals surface area (Å²) < 4.78 is 32.1. The molecule has 1 unspecified atom stereocenters. The second kappa shape index (κ2) is 9.16. The highest BCUT2D eigenvalue weighted by Gasteiger charge is 2.22. The van der Waals surface area contributed by atoms with E-state index in [1.165, 1.54) is 10.4 Å². The fourth-order valence-corrected chi connectivity index (χ4v) is 4.37. The topological polar surface area (TPSA) is 84.1 Å². The fourth-order valence-electron chi connectivity index (χ4n) is 2.87. The van der Waals surface area contributed by atoms with Crippen LogP contribution in [0.3, 0.4) is 0 Å². The molecule has 0 saturated heterocycles. The summed E-state index contributed by atoms with van der Waals surface area (Å²) in [7, 11) is -1.66. The zero-order chi connectivity index (χ0) is 20.0. The standard InChI is InChI=1S/C19H27N3O4S/c1-5-22(6-2)27(24,25)18-9-7-8-16(12-18)20-19(23)14-21(4)13-17-11-10-15(3)26-17/h7-12H,5-6,13-14H2,1-4H3,(H,20,23)/p+1. The summed E-state index contributed by atoms with van der Waals surface area (Å²) in [6.07, 6.45) is 0. The van der Waals surface area contributed by atoms with E-state index >= 15 is 0 Å². The summed E-state index contributed by atoms with van der Waals surface area (Å²) >= 11 is 0. The molecule has 0 spiro atoms. The van der Waals surface area contributed by atoms with Crippen LogP contribution in [-0.4, -0.2) is 45.3 Å². The highest BCUT2D eigenvalue weighted by atomic mass is 32.2. The number of furan rings is 1. The van der Waals surface area contributed by atoms with E-state index in [4.69, 9.17) is 4.42 Å². The maximum atomic E-state index is 12.6. The molecule has 0 radical (unpaired) electrons. The van der Waals surface area contributed by atoms with Gasteiger partial charge >= 0.3 is 0 Å². The van der Waals surface area contributed by atoms with Gasteiger partial charge in [0.2, 0.25) is 10.0 Å². The Kier molecular flexibility index (Phi) is 7.18. The van der Waals surface area contributed by atoms with E-state index in [2.05, 4.69) is 5.32 Å². The molecule has 1 heterocycles. The van der Waals surface area contributed by atoms with Gasteiger partial charge in [-0.05, 0) is 37.3 Å². The first kappa shape index (κ1) is 21.1. The number of aryl methyl sites for hydroxylation is 1. The Morgan fingerprint density at radius 3 is 2.48 bits per heavy atom. The van der Waals surface area contributed by atoms with Gasteiger partial charge in [0.1, 0.15) is 12.3 Å². The van der Waals surface area contributed by atoms with Gasteiger partial charge in [-0.25, -0.2) is 8.42 Å². The number of carbonyl (C=O) groups excluding carboxylic acids is 1. The quantitative estimate of drug-likeness (QED) is 0.671. The van der Waals surface area contributed by atoms with Gasteiger partial charge in [-0.3, -0.25) is 4.79 Å². The summed E-state index contributed by atoms with van der Waals surface area (Å²) in [5, 5.41) is 2.78. The van der Waals surface area contributed by atoms with E-state index in [1.807, 2.05) is 26.1 Å². The van der Waals surface area contributed by atoms with Crippen molar-refractivity contribution in [2.75, 3.05) is 32.0 Å². The number of amides is 1.